The highest BCUT2D eigenvalue weighted by Gasteiger charge is 2.10. The first-order chi connectivity index (χ1) is 7.35. The van der Waals surface area contributed by atoms with Gasteiger partial charge >= 0.3 is 0 Å². The number of aryl methyl sites for hydroxylation is 1. The molecule has 0 aliphatic rings. The van der Waals surface area contributed by atoms with Gasteiger partial charge in [0.25, 0.3) is 0 Å². The number of oxazole rings is 1. The molecule has 2 aromatic rings. The van der Waals surface area contributed by atoms with E-state index in [0.29, 0.717) is 6.54 Å². The normalized spacial score (nSPS) is 10.8. The van der Waals surface area contributed by atoms with Gasteiger partial charge in [-0.25, -0.2) is 4.98 Å². The average Bonchev–Trinajstić information content (AvgIpc) is 2.84. The third-order valence-corrected chi connectivity index (χ3v) is 3.20. The quantitative estimate of drug-likeness (QED) is 0.864. The molecule has 0 unspecified atom stereocenters. The molecule has 3 nitrogen and oxygen atoms in total. The SMILES string of the molecule is CCc1ccsc1-c1cnc(CNC)o1. The van der Waals surface area contributed by atoms with E-state index in [4.69, 9.17) is 4.42 Å². The number of nitrogens with zero attached hydrogens (tertiary/aromatic N) is 1. The van der Waals surface area contributed by atoms with Crippen molar-refractivity contribution in [3.05, 3.63) is 29.1 Å². The van der Waals surface area contributed by atoms with Gasteiger partial charge in [0.15, 0.2) is 5.76 Å². The van der Waals surface area contributed by atoms with Gasteiger partial charge in [-0.1, -0.05) is 6.92 Å². The molecule has 0 spiro atoms. The minimum absolute atomic E-state index is 0.673. The molecule has 0 aliphatic carbocycles. The summed E-state index contributed by atoms with van der Waals surface area (Å²) in [5.74, 6) is 1.62. The number of hydrogen-bond acceptors (Lipinski definition) is 4. The minimum atomic E-state index is 0.673. The zero-order chi connectivity index (χ0) is 10.7. The highest BCUT2D eigenvalue weighted by molar-refractivity contribution is 7.13. The Bertz CT molecular complexity index is 433. The van der Waals surface area contributed by atoms with Gasteiger partial charge in [0.1, 0.15) is 0 Å². The van der Waals surface area contributed by atoms with E-state index in [1.54, 1.807) is 17.5 Å². The van der Waals surface area contributed by atoms with Crippen molar-refractivity contribution in [2.75, 3.05) is 7.05 Å². The fraction of sp³-hybridized carbons (Fsp3) is 0.364. The van der Waals surface area contributed by atoms with E-state index in [0.717, 1.165) is 18.1 Å². The van der Waals surface area contributed by atoms with Gasteiger partial charge in [0.2, 0.25) is 5.89 Å². The maximum Gasteiger partial charge on any atom is 0.208 e. The van der Waals surface area contributed by atoms with E-state index in [9.17, 15) is 0 Å². The van der Waals surface area contributed by atoms with Crippen LogP contribution >= 0.6 is 11.3 Å². The molecule has 0 aliphatic heterocycles. The Morgan fingerprint density at radius 3 is 3.13 bits per heavy atom. The molecule has 80 valence electrons. The fourth-order valence-electron chi connectivity index (χ4n) is 1.48. The minimum Gasteiger partial charge on any atom is -0.438 e. The lowest BCUT2D eigenvalue weighted by molar-refractivity contribution is 0.491. The Hall–Kier alpha value is -1.13. The Balaban J connectivity index is 2.28. The summed E-state index contributed by atoms with van der Waals surface area (Å²) in [6.45, 7) is 2.82. The van der Waals surface area contributed by atoms with Gasteiger partial charge in [-0.05, 0) is 30.5 Å². The van der Waals surface area contributed by atoms with Crippen molar-refractivity contribution in [3.8, 4) is 10.6 Å². The number of thiophene rings is 1. The number of aromatic nitrogens is 1. The zero-order valence-corrected chi connectivity index (χ0v) is 9.73. The molecule has 2 rings (SSSR count). The van der Waals surface area contributed by atoms with Crippen LogP contribution < -0.4 is 5.32 Å². The summed E-state index contributed by atoms with van der Waals surface area (Å²) in [6, 6.07) is 2.14. The highest BCUT2D eigenvalue weighted by atomic mass is 32.1. The molecule has 0 amide bonds. The van der Waals surface area contributed by atoms with E-state index >= 15 is 0 Å². The van der Waals surface area contributed by atoms with Gasteiger partial charge in [-0.2, -0.15) is 0 Å². The fourth-order valence-corrected chi connectivity index (χ4v) is 2.42. The third kappa shape index (κ3) is 2.11. The van der Waals surface area contributed by atoms with Crippen LogP contribution in [-0.2, 0) is 13.0 Å². The molecular formula is C11H14N2OS. The Labute approximate surface area is 93.2 Å². The van der Waals surface area contributed by atoms with Crippen LogP contribution in [0.25, 0.3) is 10.6 Å². The Kier molecular flexibility index (Phi) is 3.18. The molecule has 0 aromatic carbocycles. The summed E-state index contributed by atoms with van der Waals surface area (Å²) in [5.41, 5.74) is 1.33. The van der Waals surface area contributed by atoms with E-state index in [2.05, 4.69) is 28.7 Å². The van der Waals surface area contributed by atoms with Crippen molar-refractivity contribution in [2.45, 2.75) is 19.9 Å². The molecule has 1 N–H and O–H groups in total. The highest BCUT2D eigenvalue weighted by Crippen LogP contribution is 2.30. The second-order valence-corrected chi connectivity index (χ2v) is 4.19. The summed E-state index contributed by atoms with van der Waals surface area (Å²) in [6.07, 6.45) is 2.83. The van der Waals surface area contributed by atoms with Crippen LogP contribution in [0.4, 0.5) is 0 Å². The lowest BCUT2D eigenvalue weighted by atomic mass is 10.2. The molecule has 2 heterocycles. The van der Waals surface area contributed by atoms with Crippen molar-refractivity contribution >= 4 is 11.3 Å². The summed E-state index contributed by atoms with van der Waals surface area (Å²) in [7, 11) is 1.88. The summed E-state index contributed by atoms with van der Waals surface area (Å²) < 4.78 is 5.65. The first-order valence-corrected chi connectivity index (χ1v) is 5.89. The third-order valence-electron chi connectivity index (χ3n) is 2.23. The van der Waals surface area contributed by atoms with E-state index < -0.39 is 0 Å². The van der Waals surface area contributed by atoms with Crippen molar-refractivity contribution < 1.29 is 4.42 Å². The second kappa shape index (κ2) is 4.59. The maximum atomic E-state index is 5.65. The van der Waals surface area contributed by atoms with Crippen LogP contribution in [0, 0.1) is 0 Å². The summed E-state index contributed by atoms with van der Waals surface area (Å²) >= 11 is 1.70. The average molecular weight is 222 g/mol. The van der Waals surface area contributed by atoms with Crippen LogP contribution in [-0.4, -0.2) is 12.0 Å². The van der Waals surface area contributed by atoms with Gasteiger partial charge < -0.3 is 9.73 Å². The number of nitrogens with one attached hydrogen (secondary N) is 1. The number of rotatable bonds is 4. The van der Waals surface area contributed by atoms with Gasteiger partial charge in [0.05, 0.1) is 17.6 Å². The lowest BCUT2D eigenvalue weighted by Gasteiger charge is -1.96. The first kappa shape index (κ1) is 10.4. The second-order valence-electron chi connectivity index (χ2n) is 3.28. The van der Waals surface area contributed by atoms with Gasteiger partial charge in [0, 0.05) is 0 Å². The molecule has 0 radical (unpaired) electrons. The predicted molar refractivity (Wildman–Crippen MR) is 62.0 cm³/mol. The zero-order valence-electron chi connectivity index (χ0n) is 8.91. The van der Waals surface area contributed by atoms with E-state index in [-0.39, 0.29) is 0 Å². The largest absolute Gasteiger partial charge is 0.438 e. The van der Waals surface area contributed by atoms with Crippen LogP contribution in [0.5, 0.6) is 0 Å². The summed E-state index contributed by atoms with van der Waals surface area (Å²) in [5, 5.41) is 5.11. The molecule has 0 fully saturated rings. The van der Waals surface area contributed by atoms with Gasteiger partial charge in [-0.15, -0.1) is 11.3 Å². The lowest BCUT2D eigenvalue weighted by Crippen LogP contribution is -2.04. The van der Waals surface area contributed by atoms with Crippen molar-refractivity contribution in [1.82, 2.24) is 10.3 Å². The summed E-state index contributed by atoms with van der Waals surface area (Å²) in [4.78, 5) is 5.42. The molecule has 0 saturated carbocycles. The molecule has 2 aromatic heterocycles. The van der Waals surface area contributed by atoms with Crippen LogP contribution in [0.1, 0.15) is 18.4 Å². The first-order valence-electron chi connectivity index (χ1n) is 5.01. The van der Waals surface area contributed by atoms with E-state index in [1.807, 2.05) is 7.05 Å². The predicted octanol–water partition coefficient (Wildman–Crippen LogP) is 2.68. The van der Waals surface area contributed by atoms with Crippen molar-refractivity contribution in [2.24, 2.45) is 0 Å². The molecule has 4 heteroatoms. The Morgan fingerprint density at radius 2 is 2.40 bits per heavy atom. The van der Waals surface area contributed by atoms with Crippen LogP contribution in [0.15, 0.2) is 22.1 Å². The van der Waals surface area contributed by atoms with E-state index in [1.165, 1.54) is 10.4 Å². The van der Waals surface area contributed by atoms with Crippen molar-refractivity contribution in [3.63, 3.8) is 0 Å². The maximum absolute atomic E-state index is 5.65. The molecular weight excluding hydrogens is 208 g/mol. The number of hydrogen-bond donors (Lipinski definition) is 1. The molecule has 15 heavy (non-hydrogen) atoms. The molecule has 0 bridgehead atoms. The van der Waals surface area contributed by atoms with Crippen molar-refractivity contribution in [1.29, 1.82) is 0 Å². The monoisotopic (exact) mass is 222 g/mol. The topological polar surface area (TPSA) is 38.1 Å². The Morgan fingerprint density at radius 1 is 1.53 bits per heavy atom. The van der Waals surface area contributed by atoms with Gasteiger partial charge in [-0.3, -0.25) is 0 Å². The molecule has 0 saturated heterocycles. The molecule has 0 atom stereocenters. The smallest absolute Gasteiger partial charge is 0.208 e. The van der Waals surface area contributed by atoms with Crippen LogP contribution in [0.2, 0.25) is 0 Å². The standard InChI is InChI=1S/C11H14N2OS/c1-3-8-4-5-15-11(8)9-6-13-10(14-9)7-12-2/h4-6,12H,3,7H2,1-2H3. The van der Waals surface area contributed by atoms with Crippen LogP contribution in [0.3, 0.4) is 0 Å².